The number of pyridine rings is 1. The van der Waals surface area contributed by atoms with E-state index in [0.717, 1.165) is 29.8 Å². The zero-order valence-corrected chi connectivity index (χ0v) is 17.4. The molecule has 0 aliphatic carbocycles. The normalized spacial score (nSPS) is 16.8. The largest absolute Gasteiger partial charge is 0.364 e. The monoisotopic (exact) mass is 365 g/mol. The van der Waals surface area contributed by atoms with Gasteiger partial charge in [0.1, 0.15) is 0 Å². The molecular formula is C23H31N3O. The van der Waals surface area contributed by atoms with E-state index in [2.05, 4.69) is 74.9 Å². The molecule has 144 valence electrons. The van der Waals surface area contributed by atoms with Crippen molar-refractivity contribution in [1.82, 2.24) is 4.98 Å². The highest BCUT2D eigenvalue weighted by atomic mass is 16.1. The van der Waals surface area contributed by atoms with E-state index in [0.29, 0.717) is 12.5 Å². The fourth-order valence-electron chi connectivity index (χ4n) is 3.84. The smallest absolute Gasteiger partial charge is 0.224 e. The van der Waals surface area contributed by atoms with E-state index in [1.54, 1.807) is 0 Å². The zero-order valence-electron chi connectivity index (χ0n) is 17.4. The van der Waals surface area contributed by atoms with Crippen LogP contribution in [0.3, 0.4) is 0 Å². The Morgan fingerprint density at radius 2 is 1.93 bits per heavy atom. The maximum atomic E-state index is 12.4. The summed E-state index contributed by atoms with van der Waals surface area (Å²) in [7, 11) is 0. The summed E-state index contributed by atoms with van der Waals surface area (Å²) in [4.78, 5) is 19.3. The zero-order chi connectivity index (χ0) is 19.8. The molecule has 0 saturated heterocycles. The average Bonchev–Trinajstić information content (AvgIpc) is 2.55. The van der Waals surface area contributed by atoms with Gasteiger partial charge in [0.25, 0.3) is 0 Å². The van der Waals surface area contributed by atoms with Gasteiger partial charge in [-0.3, -0.25) is 9.78 Å². The first kappa shape index (κ1) is 19.4. The van der Waals surface area contributed by atoms with Gasteiger partial charge in [-0.1, -0.05) is 26.8 Å². The molecule has 1 aliphatic heterocycles. The van der Waals surface area contributed by atoms with Gasteiger partial charge in [0.15, 0.2) is 0 Å². The van der Waals surface area contributed by atoms with Crippen molar-refractivity contribution in [2.24, 2.45) is 5.41 Å². The molecule has 0 spiro atoms. The standard InChI is InChI=1S/C23H31N3O/c1-15-10-19(11-16(2)22(15)25-21(27)13-23(4,5)6)26-14-18-8-7-9-24-20(18)12-17(26)3/h7-11,17H,12-14H2,1-6H3,(H,25,27). The second kappa shape index (κ2) is 7.34. The van der Waals surface area contributed by atoms with Crippen molar-refractivity contribution in [2.45, 2.75) is 67.0 Å². The molecule has 27 heavy (non-hydrogen) atoms. The lowest BCUT2D eigenvalue weighted by molar-refractivity contribution is -0.117. The van der Waals surface area contributed by atoms with Crippen molar-refractivity contribution < 1.29 is 4.79 Å². The summed E-state index contributed by atoms with van der Waals surface area (Å²) in [6.45, 7) is 13.5. The van der Waals surface area contributed by atoms with Gasteiger partial charge in [-0.15, -0.1) is 0 Å². The summed E-state index contributed by atoms with van der Waals surface area (Å²) in [5.74, 6) is 0.0767. The van der Waals surface area contributed by atoms with Gasteiger partial charge in [0.05, 0.1) is 0 Å². The number of anilines is 2. The second-order valence-corrected chi connectivity index (χ2v) is 9.03. The molecule has 0 saturated carbocycles. The van der Waals surface area contributed by atoms with Crippen molar-refractivity contribution in [3.8, 4) is 0 Å². The summed E-state index contributed by atoms with van der Waals surface area (Å²) in [6.07, 6.45) is 3.35. The summed E-state index contributed by atoms with van der Waals surface area (Å²) >= 11 is 0. The molecule has 1 aromatic heterocycles. The number of rotatable bonds is 3. The fraction of sp³-hybridized carbons (Fsp3) is 0.478. The maximum Gasteiger partial charge on any atom is 0.224 e. The van der Waals surface area contributed by atoms with Crippen LogP contribution in [0.4, 0.5) is 11.4 Å². The minimum atomic E-state index is -0.0174. The topological polar surface area (TPSA) is 45.2 Å². The summed E-state index contributed by atoms with van der Waals surface area (Å²) in [5.41, 5.74) is 6.86. The number of hydrogen-bond donors (Lipinski definition) is 1. The van der Waals surface area contributed by atoms with Crippen LogP contribution in [0.15, 0.2) is 30.5 Å². The molecule has 1 aliphatic rings. The molecule has 0 radical (unpaired) electrons. The Balaban J connectivity index is 1.84. The Bertz CT molecular complexity index is 828. The Kier molecular flexibility index (Phi) is 5.27. The SMILES string of the molecule is Cc1cc(N2Cc3cccnc3CC2C)cc(C)c1NC(=O)CC(C)(C)C. The van der Waals surface area contributed by atoms with Crippen LogP contribution in [0.1, 0.15) is 56.5 Å². The van der Waals surface area contributed by atoms with Crippen LogP contribution in [0, 0.1) is 19.3 Å². The van der Waals surface area contributed by atoms with Crippen LogP contribution in [0.2, 0.25) is 0 Å². The van der Waals surface area contributed by atoms with Gasteiger partial charge in [0, 0.05) is 48.7 Å². The van der Waals surface area contributed by atoms with Gasteiger partial charge in [-0.05, 0) is 61.1 Å². The van der Waals surface area contributed by atoms with E-state index in [4.69, 9.17) is 0 Å². The van der Waals surface area contributed by atoms with Gasteiger partial charge < -0.3 is 10.2 Å². The lowest BCUT2D eigenvalue weighted by Gasteiger charge is -2.36. The van der Waals surface area contributed by atoms with E-state index in [-0.39, 0.29) is 11.3 Å². The third-order valence-corrected chi connectivity index (χ3v) is 5.15. The number of benzene rings is 1. The van der Waals surface area contributed by atoms with Crippen LogP contribution in [0.5, 0.6) is 0 Å². The Labute approximate surface area is 163 Å². The molecule has 4 nitrogen and oxygen atoms in total. The molecule has 1 amide bonds. The number of fused-ring (bicyclic) bond motifs is 1. The first-order valence-corrected chi connectivity index (χ1v) is 9.74. The van der Waals surface area contributed by atoms with Crippen molar-refractivity contribution in [2.75, 3.05) is 10.2 Å². The van der Waals surface area contributed by atoms with Crippen LogP contribution in [0.25, 0.3) is 0 Å². The number of aryl methyl sites for hydroxylation is 2. The predicted molar refractivity (Wildman–Crippen MR) is 112 cm³/mol. The molecule has 4 heteroatoms. The maximum absolute atomic E-state index is 12.4. The van der Waals surface area contributed by atoms with E-state index in [1.807, 2.05) is 12.3 Å². The summed E-state index contributed by atoms with van der Waals surface area (Å²) < 4.78 is 0. The molecule has 0 fully saturated rings. The van der Waals surface area contributed by atoms with Gasteiger partial charge in [-0.2, -0.15) is 0 Å². The molecule has 2 aromatic rings. The Hall–Kier alpha value is -2.36. The number of carbonyl (C=O) groups excluding carboxylic acids is 1. The minimum absolute atomic E-state index is 0.0174. The number of nitrogens with one attached hydrogen (secondary N) is 1. The Morgan fingerprint density at radius 3 is 2.56 bits per heavy atom. The molecule has 1 aromatic carbocycles. The van der Waals surface area contributed by atoms with E-state index in [1.165, 1.54) is 16.9 Å². The van der Waals surface area contributed by atoms with E-state index < -0.39 is 0 Å². The quantitative estimate of drug-likeness (QED) is 0.830. The summed E-state index contributed by atoms with van der Waals surface area (Å²) in [6, 6.07) is 8.96. The lowest BCUT2D eigenvalue weighted by atomic mass is 9.92. The molecule has 1 N–H and O–H groups in total. The van der Waals surface area contributed by atoms with Crippen molar-refractivity contribution >= 4 is 17.3 Å². The van der Waals surface area contributed by atoms with Gasteiger partial charge in [0.2, 0.25) is 5.91 Å². The number of aromatic nitrogens is 1. The first-order valence-electron chi connectivity index (χ1n) is 9.74. The van der Waals surface area contributed by atoms with Crippen LogP contribution in [-0.4, -0.2) is 16.9 Å². The molecule has 1 atom stereocenters. The number of nitrogens with zero attached hydrogens (tertiary/aromatic N) is 2. The average molecular weight is 366 g/mol. The second-order valence-electron chi connectivity index (χ2n) is 9.03. The van der Waals surface area contributed by atoms with Crippen molar-refractivity contribution in [1.29, 1.82) is 0 Å². The highest BCUT2D eigenvalue weighted by Crippen LogP contribution is 2.32. The highest BCUT2D eigenvalue weighted by Gasteiger charge is 2.25. The number of carbonyl (C=O) groups is 1. The molecule has 1 unspecified atom stereocenters. The van der Waals surface area contributed by atoms with Crippen molar-refractivity contribution in [3.05, 3.63) is 52.8 Å². The fourth-order valence-corrected chi connectivity index (χ4v) is 3.84. The van der Waals surface area contributed by atoms with Gasteiger partial charge in [-0.25, -0.2) is 0 Å². The molecule has 3 rings (SSSR count). The lowest BCUT2D eigenvalue weighted by Crippen LogP contribution is -2.39. The molecule has 2 heterocycles. The van der Waals surface area contributed by atoms with Crippen molar-refractivity contribution in [3.63, 3.8) is 0 Å². The molecular weight excluding hydrogens is 334 g/mol. The third kappa shape index (κ3) is 4.49. The van der Waals surface area contributed by atoms with Crippen LogP contribution >= 0.6 is 0 Å². The third-order valence-electron chi connectivity index (χ3n) is 5.15. The van der Waals surface area contributed by atoms with E-state index in [9.17, 15) is 4.79 Å². The highest BCUT2D eigenvalue weighted by molar-refractivity contribution is 5.93. The minimum Gasteiger partial charge on any atom is -0.364 e. The molecule has 0 bridgehead atoms. The Morgan fingerprint density at radius 1 is 1.26 bits per heavy atom. The van der Waals surface area contributed by atoms with Gasteiger partial charge >= 0.3 is 0 Å². The van der Waals surface area contributed by atoms with Crippen LogP contribution < -0.4 is 10.2 Å². The first-order chi connectivity index (χ1) is 12.6. The number of hydrogen-bond acceptors (Lipinski definition) is 3. The van der Waals surface area contributed by atoms with E-state index >= 15 is 0 Å². The van der Waals surface area contributed by atoms with Crippen LogP contribution in [-0.2, 0) is 17.8 Å². The number of amides is 1. The predicted octanol–water partition coefficient (Wildman–Crippen LogP) is 5.02. The summed E-state index contributed by atoms with van der Waals surface area (Å²) in [5, 5.41) is 3.12.